The van der Waals surface area contributed by atoms with E-state index in [0.29, 0.717) is 0 Å². The number of carbonyl (C=O) groups is 1. The van der Waals surface area contributed by atoms with Gasteiger partial charge in [-0.15, -0.1) is 0 Å². The molecule has 0 aromatic carbocycles. The Kier molecular flexibility index (Phi) is 7.29. The van der Waals surface area contributed by atoms with Gasteiger partial charge in [0, 0.05) is 32.9 Å². The van der Waals surface area contributed by atoms with Crippen molar-refractivity contribution in [1.82, 2.24) is 9.47 Å². The number of rotatable bonds is 1. The number of hydrogen-bond donors (Lipinski definition) is 1. The van der Waals surface area contributed by atoms with Gasteiger partial charge in [0.15, 0.2) is 0 Å². The highest BCUT2D eigenvalue weighted by Crippen LogP contribution is 2.11. The number of aliphatic hydroxyl groups excluding tert-OH is 1. The van der Waals surface area contributed by atoms with Gasteiger partial charge in [0.25, 0.3) is 5.91 Å². The number of aromatic nitrogens is 1. The largest absolute Gasteiger partial charge is 0.400 e. The van der Waals surface area contributed by atoms with Gasteiger partial charge in [-0.1, -0.05) is 13.8 Å². The molecule has 1 aromatic heterocycles. The first-order valence-electron chi connectivity index (χ1n) is 5.72. The number of nitrogens with zero attached hydrogens (tertiary/aromatic N) is 2. The maximum absolute atomic E-state index is 11.6. The molecule has 16 heavy (non-hydrogen) atoms. The summed E-state index contributed by atoms with van der Waals surface area (Å²) in [5, 5.41) is 7.00. The van der Waals surface area contributed by atoms with Gasteiger partial charge < -0.3 is 14.6 Å². The molecule has 92 valence electrons. The Bertz CT molecular complexity index is 308. The van der Waals surface area contributed by atoms with Crippen LogP contribution in [-0.2, 0) is 6.54 Å². The molecule has 2 heterocycles. The van der Waals surface area contributed by atoms with Crippen molar-refractivity contribution in [1.29, 1.82) is 0 Å². The summed E-state index contributed by atoms with van der Waals surface area (Å²) in [4.78, 5) is 13.5. The average Bonchev–Trinajstić information content (AvgIpc) is 2.84. The summed E-state index contributed by atoms with van der Waals surface area (Å²) in [5.74, 6) is 0.161. The zero-order chi connectivity index (χ0) is 12.6. The molecular weight excluding hydrogens is 204 g/mol. The van der Waals surface area contributed by atoms with E-state index in [2.05, 4.69) is 0 Å². The molecule has 1 aromatic rings. The maximum atomic E-state index is 11.6. The molecule has 0 aliphatic carbocycles. The SMILES string of the molecule is CC.CCN1CCn2cccc2C1=O.CO. The van der Waals surface area contributed by atoms with Crippen molar-refractivity contribution in [2.24, 2.45) is 0 Å². The van der Waals surface area contributed by atoms with Crippen LogP contribution in [0.25, 0.3) is 0 Å². The van der Waals surface area contributed by atoms with E-state index in [0.717, 1.165) is 32.4 Å². The van der Waals surface area contributed by atoms with Crippen LogP contribution >= 0.6 is 0 Å². The maximum Gasteiger partial charge on any atom is 0.270 e. The summed E-state index contributed by atoms with van der Waals surface area (Å²) in [6.45, 7) is 8.60. The third kappa shape index (κ3) is 3.10. The lowest BCUT2D eigenvalue weighted by molar-refractivity contribution is 0.0715. The van der Waals surface area contributed by atoms with Gasteiger partial charge >= 0.3 is 0 Å². The van der Waals surface area contributed by atoms with Crippen molar-refractivity contribution in [3.05, 3.63) is 24.0 Å². The Hall–Kier alpha value is -1.29. The summed E-state index contributed by atoms with van der Waals surface area (Å²) >= 11 is 0. The first kappa shape index (κ1) is 14.7. The zero-order valence-electron chi connectivity index (χ0n) is 10.6. The van der Waals surface area contributed by atoms with Crippen molar-refractivity contribution in [2.75, 3.05) is 20.2 Å². The lowest BCUT2D eigenvalue weighted by atomic mass is 10.3. The molecule has 0 fully saturated rings. The van der Waals surface area contributed by atoms with Crippen molar-refractivity contribution in [2.45, 2.75) is 27.3 Å². The van der Waals surface area contributed by atoms with Crippen LogP contribution in [0, 0.1) is 0 Å². The molecule has 1 aliphatic rings. The third-order valence-corrected chi connectivity index (χ3v) is 2.33. The lowest BCUT2D eigenvalue weighted by Crippen LogP contribution is -2.39. The van der Waals surface area contributed by atoms with Crippen LogP contribution in [0.15, 0.2) is 18.3 Å². The Labute approximate surface area is 97.5 Å². The average molecular weight is 226 g/mol. The number of carbonyl (C=O) groups excluding carboxylic acids is 1. The van der Waals surface area contributed by atoms with Crippen molar-refractivity contribution >= 4 is 5.91 Å². The smallest absolute Gasteiger partial charge is 0.270 e. The van der Waals surface area contributed by atoms with E-state index >= 15 is 0 Å². The van der Waals surface area contributed by atoms with Gasteiger partial charge in [-0.05, 0) is 19.1 Å². The van der Waals surface area contributed by atoms with Crippen LogP contribution in [-0.4, -0.2) is 40.7 Å². The molecule has 1 N–H and O–H groups in total. The summed E-state index contributed by atoms with van der Waals surface area (Å²) in [5.41, 5.74) is 0.822. The highest BCUT2D eigenvalue weighted by atomic mass is 16.2. The Balaban J connectivity index is 0.000000509. The molecule has 0 unspecified atom stereocenters. The number of fused-ring (bicyclic) bond motifs is 1. The number of likely N-dealkylation sites (N-methyl/N-ethyl adjacent to an activating group) is 1. The number of aliphatic hydroxyl groups is 1. The summed E-state index contributed by atoms with van der Waals surface area (Å²) in [7, 11) is 1.00. The summed E-state index contributed by atoms with van der Waals surface area (Å²) in [6.07, 6.45) is 1.96. The second kappa shape index (κ2) is 7.93. The molecule has 2 rings (SSSR count). The van der Waals surface area contributed by atoms with E-state index in [1.807, 2.05) is 48.6 Å². The topological polar surface area (TPSA) is 45.5 Å². The molecule has 4 nitrogen and oxygen atoms in total. The minimum absolute atomic E-state index is 0.161. The molecule has 0 spiro atoms. The fourth-order valence-electron chi connectivity index (χ4n) is 1.60. The van der Waals surface area contributed by atoms with Gasteiger partial charge in [0.1, 0.15) is 5.69 Å². The van der Waals surface area contributed by atoms with Gasteiger partial charge in [-0.25, -0.2) is 0 Å². The van der Waals surface area contributed by atoms with E-state index in [4.69, 9.17) is 5.11 Å². The second-order valence-corrected chi connectivity index (χ2v) is 2.97. The predicted octanol–water partition coefficient (Wildman–Crippen LogP) is 1.60. The Morgan fingerprint density at radius 1 is 1.31 bits per heavy atom. The predicted molar refractivity (Wildman–Crippen MR) is 65.5 cm³/mol. The molecule has 0 radical (unpaired) electrons. The van der Waals surface area contributed by atoms with E-state index in [-0.39, 0.29) is 5.91 Å². The van der Waals surface area contributed by atoms with Crippen LogP contribution in [0.4, 0.5) is 0 Å². The summed E-state index contributed by atoms with van der Waals surface area (Å²) < 4.78 is 2.01. The molecular formula is C12H22N2O2. The normalized spacial score (nSPS) is 13.1. The fourth-order valence-corrected chi connectivity index (χ4v) is 1.60. The first-order chi connectivity index (χ1) is 7.83. The first-order valence-corrected chi connectivity index (χ1v) is 5.72. The standard InChI is InChI=1S/C9H12N2O.C2H6.CH4O/c1-2-10-6-7-11-5-3-4-8(11)9(10)12;2*1-2/h3-5H,2,6-7H2,1H3;1-2H3;2H,1H3. The van der Waals surface area contributed by atoms with Crippen molar-refractivity contribution in [3.8, 4) is 0 Å². The number of amides is 1. The van der Waals surface area contributed by atoms with Crippen LogP contribution in [0.3, 0.4) is 0 Å². The summed E-state index contributed by atoms with van der Waals surface area (Å²) in [6, 6.07) is 3.80. The molecule has 1 amide bonds. The fraction of sp³-hybridized carbons (Fsp3) is 0.583. The molecule has 4 heteroatoms. The minimum Gasteiger partial charge on any atom is -0.400 e. The molecule has 1 aliphatic heterocycles. The lowest BCUT2D eigenvalue weighted by Gasteiger charge is -2.26. The van der Waals surface area contributed by atoms with Gasteiger partial charge in [-0.3, -0.25) is 4.79 Å². The third-order valence-electron chi connectivity index (χ3n) is 2.33. The van der Waals surface area contributed by atoms with Crippen molar-refractivity contribution in [3.63, 3.8) is 0 Å². The van der Waals surface area contributed by atoms with Crippen LogP contribution < -0.4 is 0 Å². The second-order valence-electron chi connectivity index (χ2n) is 2.97. The zero-order valence-corrected chi connectivity index (χ0v) is 10.6. The minimum atomic E-state index is 0.161. The molecule has 0 saturated carbocycles. The molecule has 0 saturated heterocycles. The van der Waals surface area contributed by atoms with Crippen molar-refractivity contribution < 1.29 is 9.90 Å². The highest BCUT2D eigenvalue weighted by molar-refractivity contribution is 5.93. The van der Waals surface area contributed by atoms with Crippen LogP contribution in [0.5, 0.6) is 0 Å². The molecule has 0 atom stereocenters. The van der Waals surface area contributed by atoms with Gasteiger partial charge in [-0.2, -0.15) is 0 Å². The monoisotopic (exact) mass is 226 g/mol. The van der Waals surface area contributed by atoms with E-state index in [1.54, 1.807) is 0 Å². The Morgan fingerprint density at radius 3 is 2.50 bits per heavy atom. The van der Waals surface area contributed by atoms with Crippen LogP contribution in [0.1, 0.15) is 31.3 Å². The van der Waals surface area contributed by atoms with E-state index < -0.39 is 0 Å². The van der Waals surface area contributed by atoms with E-state index in [1.165, 1.54) is 0 Å². The highest BCUT2D eigenvalue weighted by Gasteiger charge is 2.21. The Morgan fingerprint density at radius 2 is 1.94 bits per heavy atom. The quantitative estimate of drug-likeness (QED) is 0.790. The number of hydrogen-bond acceptors (Lipinski definition) is 2. The van der Waals surface area contributed by atoms with E-state index in [9.17, 15) is 4.79 Å². The van der Waals surface area contributed by atoms with Crippen LogP contribution in [0.2, 0.25) is 0 Å². The molecule has 0 bridgehead atoms. The van der Waals surface area contributed by atoms with Gasteiger partial charge in [0.05, 0.1) is 0 Å². The van der Waals surface area contributed by atoms with Gasteiger partial charge in [0.2, 0.25) is 0 Å².